The van der Waals surface area contributed by atoms with Crippen LogP contribution in [-0.2, 0) is 0 Å². The number of nitro benzene ring substituents is 1. The van der Waals surface area contributed by atoms with E-state index in [1.807, 2.05) is 13.0 Å². The Kier molecular flexibility index (Phi) is 3.84. The summed E-state index contributed by atoms with van der Waals surface area (Å²) in [5, 5.41) is 14.5. The number of hydrogen-bond donors (Lipinski definition) is 1. The predicted molar refractivity (Wildman–Crippen MR) is 72.9 cm³/mol. The highest BCUT2D eigenvalue weighted by Crippen LogP contribution is 2.32. The number of hydrogen-bond acceptors (Lipinski definition) is 3. The molecule has 1 fully saturated rings. The van der Waals surface area contributed by atoms with Crippen molar-refractivity contribution in [2.75, 3.05) is 5.32 Å². The van der Waals surface area contributed by atoms with E-state index >= 15 is 0 Å². The number of aryl methyl sites for hydroxylation is 1. The van der Waals surface area contributed by atoms with Crippen molar-refractivity contribution < 1.29 is 4.92 Å². The summed E-state index contributed by atoms with van der Waals surface area (Å²) in [6.07, 6.45) is 4.79. The van der Waals surface area contributed by atoms with E-state index in [0.717, 1.165) is 12.0 Å². The fraction of sp³-hybridized carbons (Fsp3) is 0.571. The Morgan fingerprint density at radius 2 is 2.06 bits per heavy atom. The molecule has 1 N–H and O–H groups in total. The van der Waals surface area contributed by atoms with Gasteiger partial charge < -0.3 is 5.32 Å². The van der Waals surface area contributed by atoms with Crippen molar-refractivity contribution >= 4 is 11.4 Å². The summed E-state index contributed by atoms with van der Waals surface area (Å²) in [5.41, 5.74) is 1.83. The maximum absolute atomic E-state index is 11.1. The molecule has 98 valence electrons. The first kappa shape index (κ1) is 12.9. The molecular weight excluding hydrogens is 228 g/mol. The van der Waals surface area contributed by atoms with Crippen LogP contribution in [0.15, 0.2) is 18.2 Å². The average Bonchev–Trinajstić information content (AvgIpc) is 2.34. The van der Waals surface area contributed by atoms with Crippen molar-refractivity contribution in [2.45, 2.75) is 45.6 Å². The van der Waals surface area contributed by atoms with Gasteiger partial charge in [0.2, 0.25) is 0 Å². The summed E-state index contributed by atoms with van der Waals surface area (Å²) in [5.74, 6) is 0.581. The van der Waals surface area contributed by atoms with E-state index in [9.17, 15) is 10.1 Å². The van der Waals surface area contributed by atoms with E-state index < -0.39 is 0 Å². The lowest BCUT2D eigenvalue weighted by atomic mass is 9.85. The SMILES string of the molecule is Cc1cccc([N+](=O)[O-])c1NC1CCCCC1C. The normalized spacial score (nSPS) is 23.7. The van der Waals surface area contributed by atoms with Crippen LogP contribution in [-0.4, -0.2) is 11.0 Å². The van der Waals surface area contributed by atoms with Gasteiger partial charge in [0.1, 0.15) is 5.69 Å². The molecular formula is C14H20N2O2. The van der Waals surface area contributed by atoms with E-state index in [1.165, 1.54) is 19.3 Å². The molecule has 0 spiro atoms. The van der Waals surface area contributed by atoms with Gasteiger partial charge in [-0.3, -0.25) is 10.1 Å². The van der Waals surface area contributed by atoms with E-state index in [4.69, 9.17) is 0 Å². The van der Waals surface area contributed by atoms with E-state index in [0.29, 0.717) is 17.6 Å². The molecule has 1 saturated carbocycles. The van der Waals surface area contributed by atoms with Gasteiger partial charge in [-0.1, -0.05) is 31.9 Å². The van der Waals surface area contributed by atoms with Crippen LogP contribution < -0.4 is 5.32 Å². The molecule has 0 saturated heterocycles. The molecule has 18 heavy (non-hydrogen) atoms. The molecule has 0 amide bonds. The summed E-state index contributed by atoms with van der Waals surface area (Å²) < 4.78 is 0. The zero-order valence-corrected chi connectivity index (χ0v) is 11.0. The second-order valence-corrected chi connectivity index (χ2v) is 5.24. The first-order valence-electron chi connectivity index (χ1n) is 6.60. The second kappa shape index (κ2) is 5.38. The van der Waals surface area contributed by atoms with Crippen molar-refractivity contribution in [2.24, 2.45) is 5.92 Å². The molecule has 1 aliphatic rings. The maximum atomic E-state index is 11.1. The molecule has 0 bridgehead atoms. The van der Waals surface area contributed by atoms with Crippen LogP contribution in [0.4, 0.5) is 11.4 Å². The molecule has 0 heterocycles. The second-order valence-electron chi connectivity index (χ2n) is 5.24. The zero-order chi connectivity index (χ0) is 13.1. The Morgan fingerprint density at radius 3 is 2.72 bits per heavy atom. The van der Waals surface area contributed by atoms with Gasteiger partial charge in [-0.2, -0.15) is 0 Å². The number of nitro groups is 1. The minimum Gasteiger partial charge on any atom is -0.376 e. The third-order valence-corrected chi connectivity index (χ3v) is 3.89. The Balaban J connectivity index is 2.24. The van der Waals surface area contributed by atoms with Crippen LogP contribution in [0.5, 0.6) is 0 Å². The lowest BCUT2D eigenvalue weighted by Crippen LogP contribution is -2.30. The smallest absolute Gasteiger partial charge is 0.292 e. The van der Waals surface area contributed by atoms with Crippen molar-refractivity contribution in [3.63, 3.8) is 0 Å². The highest BCUT2D eigenvalue weighted by atomic mass is 16.6. The Hall–Kier alpha value is -1.58. The van der Waals surface area contributed by atoms with Gasteiger partial charge in [-0.15, -0.1) is 0 Å². The fourth-order valence-electron chi connectivity index (χ4n) is 2.71. The number of rotatable bonds is 3. The van der Waals surface area contributed by atoms with Crippen molar-refractivity contribution in [3.05, 3.63) is 33.9 Å². The topological polar surface area (TPSA) is 55.2 Å². The van der Waals surface area contributed by atoms with Gasteiger partial charge in [0.15, 0.2) is 0 Å². The van der Waals surface area contributed by atoms with Crippen LogP contribution in [0, 0.1) is 23.0 Å². The van der Waals surface area contributed by atoms with Crippen LogP contribution in [0.3, 0.4) is 0 Å². The third-order valence-electron chi connectivity index (χ3n) is 3.89. The molecule has 4 nitrogen and oxygen atoms in total. The Labute approximate surface area is 108 Å². The molecule has 2 unspecified atom stereocenters. The minimum absolute atomic E-state index is 0.188. The van der Waals surface area contributed by atoms with Gasteiger partial charge in [0, 0.05) is 12.1 Å². The summed E-state index contributed by atoms with van der Waals surface area (Å²) in [6.45, 7) is 4.14. The summed E-state index contributed by atoms with van der Waals surface area (Å²) in [7, 11) is 0. The van der Waals surface area contributed by atoms with Gasteiger partial charge in [-0.25, -0.2) is 0 Å². The van der Waals surface area contributed by atoms with Crippen molar-refractivity contribution in [1.29, 1.82) is 0 Å². The van der Waals surface area contributed by atoms with Crippen LogP contribution >= 0.6 is 0 Å². The third kappa shape index (κ3) is 2.63. The molecule has 2 atom stereocenters. The monoisotopic (exact) mass is 248 g/mol. The maximum Gasteiger partial charge on any atom is 0.292 e. The zero-order valence-electron chi connectivity index (χ0n) is 11.0. The number of anilines is 1. The Bertz CT molecular complexity index is 445. The van der Waals surface area contributed by atoms with Crippen molar-refractivity contribution in [3.8, 4) is 0 Å². The van der Waals surface area contributed by atoms with Gasteiger partial charge in [0.05, 0.1) is 4.92 Å². The fourth-order valence-corrected chi connectivity index (χ4v) is 2.71. The molecule has 2 rings (SSSR count). The number of para-hydroxylation sites is 1. The van der Waals surface area contributed by atoms with Crippen LogP contribution in [0.25, 0.3) is 0 Å². The average molecular weight is 248 g/mol. The van der Waals surface area contributed by atoms with E-state index in [1.54, 1.807) is 12.1 Å². The molecule has 1 aromatic rings. The van der Waals surface area contributed by atoms with Crippen LogP contribution in [0.1, 0.15) is 38.2 Å². The molecule has 1 aromatic carbocycles. The predicted octanol–water partition coefficient (Wildman–Crippen LogP) is 3.89. The number of benzene rings is 1. The molecule has 0 radical (unpaired) electrons. The van der Waals surface area contributed by atoms with Gasteiger partial charge >= 0.3 is 0 Å². The molecule has 1 aliphatic carbocycles. The lowest BCUT2D eigenvalue weighted by Gasteiger charge is -2.30. The van der Waals surface area contributed by atoms with Crippen LogP contribution in [0.2, 0.25) is 0 Å². The van der Waals surface area contributed by atoms with E-state index in [2.05, 4.69) is 12.2 Å². The molecule has 0 aromatic heterocycles. The number of nitrogens with zero attached hydrogens (tertiary/aromatic N) is 1. The highest BCUT2D eigenvalue weighted by Gasteiger charge is 2.24. The lowest BCUT2D eigenvalue weighted by molar-refractivity contribution is -0.384. The summed E-state index contributed by atoms with van der Waals surface area (Å²) >= 11 is 0. The van der Waals surface area contributed by atoms with Crippen molar-refractivity contribution in [1.82, 2.24) is 0 Å². The largest absolute Gasteiger partial charge is 0.376 e. The first-order chi connectivity index (χ1) is 8.59. The molecule has 4 heteroatoms. The molecule has 0 aliphatic heterocycles. The quantitative estimate of drug-likeness (QED) is 0.652. The minimum atomic E-state index is -0.303. The van der Waals surface area contributed by atoms with E-state index in [-0.39, 0.29) is 10.6 Å². The van der Waals surface area contributed by atoms with Gasteiger partial charge in [-0.05, 0) is 31.2 Å². The Morgan fingerprint density at radius 1 is 1.33 bits per heavy atom. The summed E-state index contributed by atoms with van der Waals surface area (Å²) in [4.78, 5) is 10.8. The number of nitrogens with one attached hydrogen (secondary N) is 1. The first-order valence-corrected chi connectivity index (χ1v) is 6.60. The van der Waals surface area contributed by atoms with Gasteiger partial charge in [0.25, 0.3) is 5.69 Å². The highest BCUT2D eigenvalue weighted by molar-refractivity contribution is 5.66. The summed E-state index contributed by atoms with van der Waals surface area (Å²) in [6, 6.07) is 5.59. The standard InChI is InChI=1S/C14H20N2O2/c1-10-6-3-4-8-12(10)15-14-11(2)7-5-9-13(14)16(17)18/h5,7,9-10,12,15H,3-4,6,8H2,1-2H3.